The number of ether oxygens (including phenoxy) is 1. The van der Waals surface area contributed by atoms with Crippen molar-refractivity contribution in [3.63, 3.8) is 0 Å². The first-order valence-corrected chi connectivity index (χ1v) is 6.31. The van der Waals surface area contributed by atoms with Crippen LogP contribution >= 0.6 is 0 Å². The summed E-state index contributed by atoms with van der Waals surface area (Å²) in [5, 5.41) is 19.1. The van der Waals surface area contributed by atoms with Crippen molar-refractivity contribution in [1.29, 1.82) is 0 Å². The molecule has 8 heteroatoms. The Hall–Kier alpha value is -2.03. The number of nitrogens with zero attached hydrogens (tertiary/aromatic N) is 1. The molecular weight excluding hydrogens is 280 g/mol. The van der Waals surface area contributed by atoms with Crippen LogP contribution in [0.5, 0.6) is 0 Å². The van der Waals surface area contributed by atoms with Gasteiger partial charge in [0.1, 0.15) is 6.10 Å². The maximum absolute atomic E-state index is 12.4. The SMILES string of the molecule is C=C(C)C(=O)[C@]1(n2ccc(=O)[nH]c2=O)C[C@H](O)[C@@H](CO)O1. The Morgan fingerprint density at radius 3 is 2.76 bits per heavy atom. The number of rotatable bonds is 4. The number of aromatic nitrogens is 2. The van der Waals surface area contributed by atoms with Crippen molar-refractivity contribution in [2.75, 3.05) is 6.61 Å². The number of ketones is 1. The zero-order chi connectivity index (χ0) is 15.8. The van der Waals surface area contributed by atoms with Gasteiger partial charge in [0.2, 0.25) is 11.5 Å². The highest BCUT2D eigenvalue weighted by Crippen LogP contribution is 2.36. The molecule has 3 N–H and O–H groups in total. The van der Waals surface area contributed by atoms with E-state index in [0.29, 0.717) is 0 Å². The number of aromatic amines is 1. The minimum absolute atomic E-state index is 0.124. The maximum Gasteiger partial charge on any atom is 0.331 e. The van der Waals surface area contributed by atoms with Crippen LogP contribution in [0.25, 0.3) is 0 Å². The van der Waals surface area contributed by atoms with Crippen molar-refractivity contribution >= 4 is 5.78 Å². The van der Waals surface area contributed by atoms with E-state index in [1.807, 2.05) is 4.98 Å². The van der Waals surface area contributed by atoms with Gasteiger partial charge in [-0.05, 0) is 12.5 Å². The molecule has 0 saturated carbocycles. The number of carbonyl (C=O) groups is 1. The average molecular weight is 296 g/mol. The van der Waals surface area contributed by atoms with Crippen molar-refractivity contribution in [3.05, 3.63) is 45.3 Å². The van der Waals surface area contributed by atoms with Crippen molar-refractivity contribution in [2.24, 2.45) is 0 Å². The highest BCUT2D eigenvalue weighted by molar-refractivity contribution is 5.99. The summed E-state index contributed by atoms with van der Waals surface area (Å²) >= 11 is 0. The number of H-pyrrole nitrogens is 1. The molecule has 0 bridgehead atoms. The first-order valence-electron chi connectivity index (χ1n) is 6.31. The first kappa shape index (κ1) is 15.4. The Bertz CT molecular complexity index is 690. The summed E-state index contributed by atoms with van der Waals surface area (Å²) in [6, 6.07) is 1.07. The normalized spacial score (nSPS) is 28.5. The van der Waals surface area contributed by atoms with Gasteiger partial charge in [-0.15, -0.1) is 0 Å². The van der Waals surface area contributed by atoms with Crippen molar-refractivity contribution in [3.8, 4) is 0 Å². The summed E-state index contributed by atoms with van der Waals surface area (Å²) in [7, 11) is 0. The van der Waals surface area contributed by atoms with Crippen LogP contribution in [0.15, 0.2) is 34.0 Å². The molecule has 0 radical (unpaired) electrons. The van der Waals surface area contributed by atoms with E-state index < -0.39 is 41.6 Å². The number of aliphatic hydroxyl groups is 2. The minimum Gasteiger partial charge on any atom is -0.394 e. The molecule has 2 heterocycles. The number of nitrogens with one attached hydrogen (secondary N) is 1. The summed E-state index contributed by atoms with van der Waals surface area (Å²) < 4.78 is 6.38. The lowest BCUT2D eigenvalue weighted by atomic mass is 9.97. The third-order valence-corrected chi connectivity index (χ3v) is 3.40. The lowest BCUT2D eigenvalue weighted by Crippen LogP contribution is -2.49. The molecule has 1 aromatic rings. The van der Waals surface area contributed by atoms with Gasteiger partial charge in [-0.1, -0.05) is 6.58 Å². The Labute approximate surface area is 119 Å². The standard InChI is InChI=1S/C13H16N2O6/c1-7(2)11(19)13(5-8(17)9(6-16)21-13)15-4-3-10(18)14-12(15)20/h3-4,8-9,16-17H,1,5-6H2,2H3,(H,14,18,20)/t8-,9+,13-/m0/s1. The van der Waals surface area contributed by atoms with Crippen LogP contribution in [-0.4, -0.2) is 44.4 Å². The van der Waals surface area contributed by atoms with Crippen LogP contribution in [0.1, 0.15) is 13.3 Å². The molecule has 2 rings (SSSR count). The molecule has 1 aliphatic rings. The van der Waals surface area contributed by atoms with Gasteiger partial charge in [0, 0.05) is 18.7 Å². The van der Waals surface area contributed by atoms with E-state index in [2.05, 4.69) is 6.58 Å². The lowest BCUT2D eigenvalue weighted by molar-refractivity contribution is -0.158. The highest BCUT2D eigenvalue weighted by Gasteiger charge is 2.53. The van der Waals surface area contributed by atoms with E-state index in [1.54, 1.807) is 0 Å². The lowest BCUT2D eigenvalue weighted by Gasteiger charge is -2.29. The summed E-state index contributed by atoms with van der Waals surface area (Å²) in [5.74, 6) is -0.605. The second-order valence-corrected chi connectivity index (χ2v) is 4.98. The van der Waals surface area contributed by atoms with E-state index in [1.165, 1.54) is 6.92 Å². The first-order chi connectivity index (χ1) is 9.81. The van der Waals surface area contributed by atoms with Crippen LogP contribution in [0.3, 0.4) is 0 Å². The predicted molar refractivity (Wildman–Crippen MR) is 71.7 cm³/mol. The highest BCUT2D eigenvalue weighted by atomic mass is 16.6. The van der Waals surface area contributed by atoms with Crippen LogP contribution < -0.4 is 11.2 Å². The van der Waals surface area contributed by atoms with Gasteiger partial charge in [-0.3, -0.25) is 19.1 Å². The molecule has 114 valence electrons. The summed E-state index contributed by atoms with van der Waals surface area (Å²) in [6.45, 7) is 4.47. The van der Waals surface area contributed by atoms with E-state index in [4.69, 9.17) is 4.74 Å². The summed E-state index contributed by atoms with van der Waals surface area (Å²) in [4.78, 5) is 37.6. The van der Waals surface area contributed by atoms with E-state index in [9.17, 15) is 24.6 Å². The number of aliphatic hydroxyl groups excluding tert-OH is 2. The van der Waals surface area contributed by atoms with Crippen molar-refractivity contribution < 1.29 is 19.7 Å². The second-order valence-electron chi connectivity index (χ2n) is 4.98. The molecule has 0 amide bonds. The topological polar surface area (TPSA) is 122 Å². The Morgan fingerprint density at radius 2 is 2.29 bits per heavy atom. The summed E-state index contributed by atoms with van der Waals surface area (Å²) in [6.07, 6.45) is -1.24. The van der Waals surface area contributed by atoms with Crippen LogP contribution in [0.4, 0.5) is 0 Å². The monoisotopic (exact) mass is 296 g/mol. The summed E-state index contributed by atoms with van der Waals surface area (Å²) in [5.41, 5.74) is -3.16. The van der Waals surface area contributed by atoms with Crippen LogP contribution in [0.2, 0.25) is 0 Å². The zero-order valence-electron chi connectivity index (χ0n) is 11.4. The second kappa shape index (κ2) is 5.40. The fraction of sp³-hybridized carbons (Fsp3) is 0.462. The third kappa shape index (κ3) is 2.48. The average Bonchev–Trinajstić information content (AvgIpc) is 2.75. The smallest absolute Gasteiger partial charge is 0.331 e. The third-order valence-electron chi connectivity index (χ3n) is 3.40. The Kier molecular flexibility index (Phi) is 3.95. The van der Waals surface area contributed by atoms with Crippen molar-refractivity contribution in [2.45, 2.75) is 31.3 Å². The molecule has 1 fully saturated rings. The van der Waals surface area contributed by atoms with Gasteiger partial charge in [-0.25, -0.2) is 4.79 Å². The molecule has 0 aliphatic carbocycles. The maximum atomic E-state index is 12.4. The largest absolute Gasteiger partial charge is 0.394 e. The molecule has 21 heavy (non-hydrogen) atoms. The number of hydrogen-bond acceptors (Lipinski definition) is 6. The molecule has 0 spiro atoms. The number of hydrogen-bond donors (Lipinski definition) is 3. The Balaban J connectivity index is 2.63. The van der Waals surface area contributed by atoms with Crippen LogP contribution in [0, 0.1) is 0 Å². The van der Waals surface area contributed by atoms with Crippen LogP contribution in [-0.2, 0) is 15.3 Å². The molecule has 8 nitrogen and oxygen atoms in total. The fourth-order valence-electron chi connectivity index (χ4n) is 2.40. The molecule has 1 aromatic heterocycles. The quantitative estimate of drug-likeness (QED) is 0.580. The number of Topliss-reactive ketones (excluding diaryl/α,β-unsaturated/α-hetero) is 1. The van der Waals surface area contributed by atoms with Gasteiger partial charge in [0.05, 0.1) is 12.7 Å². The Morgan fingerprint density at radius 1 is 1.62 bits per heavy atom. The number of carbonyl (C=O) groups excluding carboxylic acids is 1. The molecule has 1 saturated heterocycles. The van der Waals surface area contributed by atoms with Gasteiger partial charge in [0.25, 0.3) is 5.56 Å². The van der Waals surface area contributed by atoms with Gasteiger partial charge >= 0.3 is 5.69 Å². The van der Waals surface area contributed by atoms with E-state index in [0.717, 1.165) is 16.8 Å². The van der Waals surface area contributed by atoms with E-state index >= 15 is 0 Å². The predicted octanol–water partition coefficient (Wildman–Crippen LogP) is -1.52. The van der Waals surface area contributed by atoms with Gasteiger partial charge < -0.3 is 14.9 Å². The minimum atomic E-state index is -1.82. The van der Waals surface area contributed by atoms with Crippen molar-refractivity contribution in [1.82, 2.24) is 9.55 Å². The fourth-order valence-corrected chi connectivity index (χ4v) is 2.40. The molecule has 0 aromatic carbocycles. The molecular formula is C13H16N2O6. The van der Waals surface area contributed by atoms with Gasteiger partial charge in [0.15, 0.2) is 0 Å². The molecule has 1 aliphatic heterocycles. The zero-order valence-corrected chi connectivity index (χ0v) is 11.4. The van der Waals surface area contributed by atoms with E-state index in [-0.39, 0.29) is 12.0 Å². The molecule has 0 unspecified atom stereocenters. The molecule has 3 atom stereocenters. The van der Waals surface area contributed by atoms with Gasteiger partial charge in [-0.2, -0.15) is 0 Å².